The minimum Gasteiger partial charge on any atom is -0.492 e. The lowest BCUT2D eigenvalue weighted by Gasteiger charge is -2.09. The van der Waals surface area contributed by atoms with Gasteiger partial charge in [-0.2, -0.15) is 0 Å². The topological polar surface area (TPSA) is 90.7 Å². The van der Waals surface area contributed by atoms with Crippen LogP contribution in [0.2, 0.25) is 5.02 Å². The minimum atomic E-state index is -0.716. The number of nitrogens with one attached hydrogen (secondary N) is 1. The van der Waals surface area contributed by atoms with Gasteiger partial charge >= 0.3 is 5.69 Å². The van der Waals surface area contributed by atoms with E-state index >= 15 is 0 Å². The average molecular weight is 369 g/mol. The van der Waals surface area contributed by atoms with Crippen molar-refractivity contribution in [3.8, 4) is 11.5 Å². The molecule has 0 heterocycles. The second-order valence-corrected chi connectivity index (χ2v) is 5.25. The third-order valence-corrected chi connectivity index (χ3v) is 3.24. The molecule has 2 rings (SSSR count). The first kappa shape index (κ1) is 18.5. The Hall–Kier alpha value is -2.87. The summed E-state index contributed by atoms with van der Waals surface area (Å²) >= 11 is 5.75. The smallest absolute Gasteiger partial charge is 0.311 e. The number of rotatable bonds is 8. The maximum absolute atomic E-state index is 13.1. The Labute approximate surface area is 147 Å². The molecule has 2 aromatic carbocycles. The van der Waals surface area contributed by atoms with Gasteiger partial charge < -0.3 is 14.8 Å². The van der Waals surface area contributed by atoms with E-state index < -0.39 is 28.9 Å². The van der Waals surface area contributed by atoms with Crippen LogP contribution in [0.25, 0.3) is 0 Å². The first-order chi connectivity index (χ1) is 12.0. The number of ether oxygens (including phenoxy) is 2. The normalized spacial score (nSPS) is 10.2. The van der Waals surface area contributed by atoms with E-state index in [0.29, 0.717) is 10.8 Å². The first-order valence-electron chi connectivity index (χ1n) is 7.17. The standard InChI is InChI=1S/C16H14ClFN2O5/c17-11-1-4-13(5-2-11)24-8-7-19-16(21)10-25-15-9-12(18)3-6-14(15)20(22)23/h1-6,9H,7-8,10H2,(H,19,21). The summed E-state index contributed by atoms with van der Waals surface area (Å²) in [4.78, 5) is 21.8. The summed E-state index contributed by atoms with van der Waals surface area (Å²) in [5.41, 5.74) is -0.416. The van der Waals surface area contributed by atoms with Crippen molar-refractivity contribution in [1.29, 1.82) is 0 Å². The van der Waals surface area contributed by atoms with Gasteiger partial charge in [0.15, 0.2) is 6.61 Å². The summed E-state index contributed by atoms with van der Waals surface area (Å²) in [6.07, 6.45) is 0. The molecule has 0 aliphatic rings. The van der Waals surface area contributed by atoms with Crippen molar-refractivity contribution in [3.63, 3.8) is 0 Å². The summed E-state index contributed by atoms with van der Waals surface area (Å²) < 4.78 is 23.5. The van der Waals surface area contributed by atoms with Crippen LogP contribution in [0.3, 0.4) is 0 Å². The van der Waals surface area contributed by atoms with Crippen LogP contribution in [0.1, 0.15) is 0 Å². The van der Waals surface area contributed by atoms with E-state index in [9.17, 15) is 19.3 Å². The molecule has 0 saturated carbocycles. The zero-order valence-corrected chi connectivity index (χ0v) is 13.7. The highest BCUT2D eigenvalue weighted by Gasteiger charge is 2.16. The Kier molecular flexibility index (Phi) is 6.53. The van der Waals surface area contributed by atoms with E-state index in [-0.39, 0.29) is 18.9 Å². The van der Waals surface area contributed by atoms with Gasteiger partial charge in [-0.15, -0.1) is 0 Å². The lowest BCUT2D eigenvalue weighted by Crippen LogP contribution is -2.32. The summed E-state index contributed by atoms with van der Waals surface area (Å²) in [7, 11) is 0. The number of nitro benzene ring substituents is 1. The number of hydrogen-bond donors (Lipinski definition) is 1. The molecule has 0 radical (unpaired) electrons. The summed E-state index contributed by atoms with van der Waals surface area (Å²) in [5, 5.41) is 13.9. The molecule has 1 N–H and O–H groups in total. The second kappa shape index (κ2) is 8.84. The molecule has 25 heavy (non-hydrogen) atoms. The molecular formula is C16H14ClFN2O5. The number of nitrogens with zero attached hydrogens (tertiary/aromatic N) is 1. The molecule has 0 saturated heterocycles. The number of benzene rings is 2. The lowest BCUT2D eigenvalue weighted by molar-refractivity contribution is -0.385. The Morgan fingerprint density at radius 3 is 2.60 bits per heavy atom. The van der Waals surface area contributed by atoms with Crippen molar-refractivity contribution in [2.75, 3.05) is 19.8 Å². The Bertz CT molecular complexity index is 755. The van der Waals surface area contributed by atoms with Gasteiger partial charge in [-0.05, 0) is 30.3 Å². The van der Waals surface area contributed by atoms with Crippen LogP contribution in [0.5, 0.6) is 11.5 Å². The Balaban J connectivity index is 1.75. The Morgan fingerprint density at radius 2 is 1.92 bits per heavy atom. The predicted octanol–water partition coefficient (Wildman–Crippen LogP) is 2.96. The third-order valence-electron chi connectivity index (χ3n) is 2.98. The van der Waals surface area contributed by atoms with Crippen molar-refractivity contribution in [2.24, 2.45) is 0 Å². The second-order valence-electron chi connectivity index (χ2n) is 4.81. The quantitative estimate of drug-likeness (QED) is 0.439. The average Bonchev–Trinajstić information content (AvgIpc) is 2.58. The molecule has 0 aliphatic carbocycles. The molecular weight excluding hydrogens is 355 g/mol. The van der Waals surface area contributed by atoms with Gasteiger partial charge in [-0.1, -0.05) is 11.6 Å². The number of hydrogen-bond acceptors (Lipinski definition) is 5. The molecule has 9 heteroatoms. The molecule has 0 spiro atoms. The van der Waals surface area contributed by atoms with Crippen LogP contribution in [0, 0.1) is 15.9 Å². The van der Waals surface area contributed by atoms with Gasteiger partial charge in [0.25, 0.3) is 5.91 Å². The zero-order valence-electron chi connectivity index (χ0n) is 12.9. The van der Waals surface area contributed by atoms with E-state index in [1.54, 1.807) is 24.3 Å². The van der Waals surface area contributed by atoms with Crippen LogP contribution in [-0.4, -0.2) is 30.6 Å². The zero-order chi connectivity index (χ0) is 18.2. The van der Waals surface area contributed by atoms with Gasteiger partial charge in [0.2, 0.25) is 5.75 Å². The van der Waals surface area contributed by atoms with Crippen molar-refractivity contribution in [3.05, 3.63) is 63.4 Å². The van der Waals surface area contributed by atoms with Crippen molar-refractivity contribution in [2.45, 2.75) is 0 Å². The van der Waals surface area contributed by atoms with Crippen molar-refractivity contribution in [1.82, 2.24) is 5.32 Å². The SMILES string of the molecule is O=C(COc1cc(F)ccc1[N+](=O)[O-])NCCOc1ccc(Cl)cc1. The van der Waals surface area contributed by atoms with E-state index in [2.05, 4.69) is 5.32 Å². The number of amides is 1. The maximum atomic E-state index is 13.1. The largest absolute Gasteiger partial charge is 0.492 e. The number of carbonyl (C=O) groups excluding carboxylic acids is 1. The highest BCUT2D eigenvalue weighted by molar-refractivity contribution is 6.30. The van der Waals surface area contributed by atoms with E-state index in [0.717, 1.165) is 18.2 Å². The summed E-state index contributed by atoms with van der Waals surface area (Å²) in [6, 6.07) is 9.51. The first-order valence-corrected chi connectivity index (χ1v) is 7.55. The van der Waals surface area contributed by atoms with Crippen LogP contribution in [-0.2, 0) is 4.79 Å². The van der Waals surface area contributed by atoms with Gasteiger partial charge in [0.1, 0.15) is 18.2 Å². The third kappa shape index (κ3) is 5.92. The van der Waals surface area contributed by atoms with E-state index in [4.69, 9.17) is 21.1 Å². The van der Waals surface area contributed by atoms with E-state index in [1.807, 2.05) is 0 Å². The van der Waals surface area contributed by atoms with Crippen molar-refractivity contribution < 1.29 is 23.6 Å². The number of carbonyl (C=O) groups is 1. The lowest BCUT2D eigenvalue weighted by atomic mass is 10.3. The molecule has 0 aromatic heterocycles. The molecule has 0 fully saturated rings. The Morgan fingerprint density at radius 1 is 1.20 bits per heavy atom. The fourth-order valence-electron chi connectivity index (χ4n) is 1.84. The van der Waals surface area contributed by atoms with Crippen LogP contribution < -0.4 is 14.8 Å². The van der Waals surface area contributed by atoms with Gasteiger partial charge in [-0.3, -0.25) is 14.9 Å². The minimum absolute atomic E-state index is 0.204. The number of nitro groups is 1. The molecule has 7 nitrogen and oxygen atoms in total. The molecule has 2 aromatic rings. The van der Waals surface area contributed by atoms with Crippen LogP contribution >= 0.6 is 11.6 Å². The highest BCUT2D eigenvalue weighted by atomic mass is 35.5. The van der Waals surface area contributed by atoms with Crippen LogP contribution in [0.15, 0.2) is 42.5 Å². The monoisotopic (exact) mass is 368 g/mol. The molecule has 0 unspecified atom stereocenters. The number of halogens is 2. The predicted molar refractivity (Wildman–Crippen MR) is 88.5 cm³/mol. The van der Waals surface area contributed by atoms with Crippen LogP contribution in [0.4, 0.5) is 10.1 Å². The van der Waals surface area contributed by atoms with E-state index in [1.165, 1.54) is 0 Å². The molecule has 0 atom stereocenters. The maximum Gasteiger partial charge on any atom is 0.311 e. The summed E-state index contributed by atoms with van der Waals surface area (Å²) in [5.74, 6) is -0.918. The highest BCUT2D eigenvalue weighted by Crippen LogP contribution is 2.27. The van der Waals surface area contributed by atoms with Crippen molar-refractivity contribution >= 4 is 23.2 Å². The van der Waals surface area contributed by atoms with Gasteiger partial charge in [-0.25, -0.2) is 4.39 Å². The molecule has 1 amide bonds. The van der Waals surface area contributed by atoms with Gasteiger partial charge in [0.05, 0.1) is 11.5 Å². The fraction of sp³-hybridized carbons (Fsp3) is 0.188. The van der Waals surface area contributed by atoms with Gasteiger partial charge in [0, 0.05) is 17.2 Å². The summed E-state index contributed by atoms with van der Waals surface area (Å²) in [6.45, 7) is -0.0607. The molecule has 0 bridgehead atoms. The molecule has 132 valence electrons. The molecule has 0 aliphatic heterocycles. The fourth-order valence-corrected chi connectivity index (χ4v) is 1.96.